The Kier molecular flexibility index (Phi) is 4.38. The highest BCUT2D eigenvalue weighted by atomic mass is 16.6. The minimum absolute atomic E-state index is 0.243. The number of hydrogen-bond acceptors (Lipinski definition) is 4. The fourth-order valence-electron chi connectivity index (χ4n) is 1.84. The van der Waals surface area contributed by atoms with Gasteiger partial charge in [-0.05, 0) is 34.6 Å². The fraction of sp³-hybridized carbons (Fsp3) is 0.917. The van der Waals surface area contributed by atoms with Crippen LogP contribution in [-0.4, -0.2) is 53.0 Å². The summed E-state index contributed by atoms with van der Waals surface area (Å²) < 4.78 is 5.16. The lowest BCUT2D eigenvalue weighted by Gasteiger charge is -2.23. The first-order valence-corrected chi connectivity index (χ1v) is 6.10. The first-order chi connectivity index (χ1) is 7.69. The van der Waals surface area contributed by atoms with Crippen LogP contribution in [0.25, 0.3) is 0 Å². The number of β-amino-alcohol motifs (C(OH)–C–C–N with tert-alkyl or cyclic N) is 1. The maximum atomic E-state index is 11.6. The second-order valence-corrected chi connectivity index (χ2v) is 5.87. The van der Waals surface area contributed by atoms with Crippen molar-refractivity contribution in [3.8, 4) is 0 Å². The van der Waals surface area contributed by atoms with Crippen LogP contribution in [0.4, 0.5) is 4.79 Å². The normalized spacial score (nSPS) is 26.3. The number of nitrogens with zero attached hydrogens (tertiary/aromatic N) is 1. The Balaban J connectivity index is 2.45. The van der Waals surface area contributed by atoms with Gasteiger partial charge >= 0.3 is 6.09 Å². The van der Waals surface area contributed by atoms with Crippen molar-refractivity contribution in [2.24, 2.45) is 0 Å². The summed E-state index contributed by atoms with van der Waals surface area (Å²) in [5.74, 6) is 0. The molecule has 5 heteroatoms. The van der Waals surface area contributed by atoms with Crippen LogP contribution in [0.15, 0.2) is 0 Å². The number of amides is 1. The molecule has 0 bridgehead atoms. The number of ether oxygens (including phenoxy) is 1. The molecule has 1 aliphatic heterocycles. The monoisotopic (exact) mass is 244 g/mol. The van der Waals surface area contributed by atoms with E-state index in [1.807, 2.05) is 20.8 Å². The van der Waals surface area contributed by atoms with Crippen molar-refractivity contribution in [1.82, 2.24) is 10.2 Å². The number of carbonyl (C=O) groups excluding carboxylic acids is 1. The van der Waals surface area contributed by atoms with Crippen molar-refractivity contribution < 1.29 is 14.6 Å². The third-order valence-corrected chi connectivity index (χ3v) is 2.75. The molecule has 100 valence electrons. The van der Waals surface area contributed by atoms with Gasteiger partial charge in [0.2, 0.25) is 0 Å². The van der Waals surface area contributed by atoms with Gasteiger partial charge in [-0.25, -0.2) is 4.79 Å². The molecule has 0 unspecified atom stereocenters. The van der Waals surface area contributed by atoms with E-state index in [0.29, 0.717) is 19.1 Å². The number of aliphatic hydroxyl groups excluding tert-OH is 1. The molecule has 1 fully saturated rings. The van der Waals surface area contributed by atoms with E-state index in [-0.39, 0.29) is 6.04 Å². The highest BCUT2D eigenvalue weighted by Gasteiger charge is 2.34. The van der Waals surface area contributed by atoms with E-state index in [9.17, 15) is 9.90 Å². The molecule has 1 heterocycles. The van der Waals surface area contributed by atoms with E-state index in [1.165, 1.54) is 0 Å². The van der Waals surface area contributed by atoms with Crippen LogP contribution in [-0.2, 0) is 4.74 Å². The van der Waals surface area contributed by atoms with Crippen LogP contribution in [0.2, 0.25) is 0 Å². The molecule has 0 radical (unpaired) electrons. The van der Waals surface area contributed by atoms with Gasteiger partial charge in [-0.1, -0.05) is 0 Å². The third kappa shape index (κ3) is 4.52. The predicted octanol–water partition coefficient (Wildman–Crippen LogP) is 0.965. The molecule has 5 nitrogen and oxygen atoms in total. The van der Waals surface area contributed by atoms with Gasteiger partial charge in [-0.2, -0.15) is 0 Å². The molecule has 2 N–H and O–H groups in total. The Morgan fingerprint density at radius 1 is 1.41 bits per heavy atom. The summed E-state index contributed by atoms with van der Waals surface area (Å²) in [4.78, 5) is 13.7. The van der Waals surface area contributed by atoms with Gasteiger partial charge < -0.3 is 15.2 Å². The Hall–Kier alpha value is -0.810. The van der Waals surface area contributed by atoms with E-state index in [1.54, 1.807) is 0 Å². The molecule has 0 aromatic carbocycles. The minimum Gasteiger partial charge on any atom is -0.444 e. The topological polar surface area (TPSA) is 61.8 Å². The first kappa shape index (κ1) is 14.3. The molecule has 1 saturated heterocycles. The number of alkyl carbamates (subject to hydrolysis) is 1. The Morgan fingerprint density at radius 2 is 2.00 bits per heavy atom. The van der Waals surface area contributed by atoms with Crippen molar-refractivity contribution in [3.05, 3.63) is 0 Å². The van der Waals surface area contributed by atoms with Crippen LogP contribution < -0.4 is 5.32 Å². The van der Waals surface area contributed by atoms with Crippen molar-refractivity contribution in [1.29, 1.82) is 0 Å². The first-order valence-electron chi connectivity index (χ1n) is 6.10. The zero-order chi connectivity index (χ0) is 13.2. The summed E-state index contributed by atoms with van der Waals surface area (Å²) in [5.41, 5.74) is -0.509. The number of hydrogen-bond donors (Lipinski definition) is 2. The van der Waals surface area contributed by atoms with Crippen molar-refractivity contribution in [2.75, 3.05) is 13.1 Å². The van der Waals surface area contributed by atoms with E-state index >= 15 is 0 Å². The molecule has 0 spiro atoms. The summed E-state index contributed by atoms with van der Waals surface area (Å²) in [5, 5.41) is 12.6. The summed E-state index contributed by atoms with van der Waals surface area (Å²) >= 11 is 0. The smallest absolute Gasteiger partial charge is 0.408 e. The molecule has 17 heavy (non-hydrogen) atoms. The van der Waals surface area contributed by atoms with Gasteiger partial charge in [-0.15, -0.1) is 0 Å². The zero-order valence-corrected chi connectivity index (χ0v) is 11.4. The fourth-order valence-corrected chi connectivity index (χ4v) is 1.84. The van der Waals surface area contributed by atoms with Gasteiger partial charge in [0.25, 0.3) is 0 Å². The van der Waals surface area contributed by atoms with Gasteiger partial charge in [0.1, 0.15) is 5.60 Å². The molecule has 1 aliphatic rings. The highest BCUT2D eigenvalue weighted by Crippen LogP contribution is 2.14. The number of nitrogens with one attached hydrogen (secondary N) is 1. The average Bonchev–Trinajstić information content (AvgIpc) is 2.44. The van der Waals surface area contributed by atoms with Gasteiger partial charge in [0, 0.05) is 19.1 Å². The summed E-state index contributed by atoms with van der Waals surface area (Å²) in [6.45, 7) is 10.9. The van der Waals surface area contributed by atoms with E-state index < -0.39 is 17.8 Å². The van der Waals surface area contributed by atoms with Crippen LogP contribution in [0.5, 0.6) is 0 Å². The lowest BCUT2D eigenvalue weighted by Crippen LogP contribution is -2.45. The quantitative estimate of drug-likeness (QED) is 0.759. The molecule has 0 aromatic rings. The lowest BCUT2D eigenvalue weighted by molar-refractivity contribution is 0.0461. The van der Waals surface area contributed by atoms with E-state index in [2.05, 4.69) is 24.1 Å². The molecule has 0 saturated carbocycles. The number of rotatable bonds is 2. The molecule has 0 aromatic heterocycles. The maximum Gasteiger partial charge on any atom is 0.408 e. The van der Waals surface area contributed by atoms with Crippen molar-refractivity contribution in [3.63, 3.8) is 0 Å². The number of aliphatic hydroxyl groups is 1. The Bertz CT molecular complexity index is 273. The van der Waals surface area contributed by atoms with Gasteiger partial charge in [0.05, 0.1) is 12.1 Å². The van der Waals surface area contributed by atoms with Gasteiger partial charge in [-0.3, -0.25) is 4.90 Å². The Labute approximate surface area is 103 Å². The van der Waals surface area contributed by atoms with Crippen LogP contribution in [0, 0.1) is 0 Å². The molecule has 1 rings (SSSR count). The standard InChI is InChI=1S/C12H24N2O3/c1-8(2)14-6-9(10(15)7-14)13-11(16)17-12(3,4)5/h8-10,15H,6-7H2,1-5H3,(H,13,16)/t9-,10-/m0/s1. The van der Waals surface area contributed by atoms with Gasteiger partial charge in [0.15, 0.2) is 0 Å². The summed E-state index contributed by atoms with van der Waals surface area (Å²) in [7, 11) is 0. The van der Waals surface area contributed by atoms with E-state index in [4.69, 9.17) is 4.74 Å². The maximum absolute atomic E-state index is 11.6. The van der Waals surface area contributed by atoms with Crippen LogP contribution in [0.1, 0.15) is 34.6 Å². The zero-order valence-electron chi connectivity index (χ0n) is 11.4. The second-order valence-electron chi connectivity index (χ2n) is 5.87. The molecular weight excluding hydrogens is 220 g/mol. The SMILES string of the molecule is CC(C)N1C[C@H](NC(=O)OC(C)(C)C)[C@@H](O)C1. The average molecular weight is 244 g/mol. The van der Waals surface area contributed by atoms with Crippen molar-refractivity contribution in [2.45, 2.75) is 58.4 Å². The summed E-state index contributed by atoms with van der Waals surface area (Å²) in [6, 6.07) is 0.127. The predicted molar refractivity (Wildman–Crippen MR) is 65.9 cm³/mol. The largest absolute Gasteiger partial charge is 0.444 e. The lowest BCUT2D eigenvalue weighted by atomic mass is 10.2. The van der Waals surface area contributed by atoms with E-state index in [0.717, 1.165) is 0 Å². The highest BCUT2D eigenvalue weighted by molar-refractivity contribution is 5.68. The minimum atomic E-state index is -0.523. The second kappa shape index (κ2) is 5.23. The molecule has 2 atom stereocenters. The summed E-state index contributed by atoms with van der Waals surface area (Å²) in [6.07, 6.45) is -0.989. The van der Waals surface area contributed by atoms with Crippen LogP contribution >= 0.6 is 0 Å². The van der Waals surface area contributed by atoms with Crippen molar-refractivity contribution >= 4 is 6.09 Å². The molecule has 1 amide bonds. The van der Waals surface area contributed by atoms with Crippen LogP contribution in [0.3, 0.4) is 0 Å². The molecular formula is C12H24N2O3. The third-order valence-electron chi connectivity index (χ3n) is 2.75. The molecule has 0 aliphatic carbocycles. The number of likely N-dealkylation sites (tertiary alicyclic amines) is 1. The Morgan fingerprint density at radius 3 is 2.41 bits per heavy atom. The number of carbonyl (C=O) groups is 1.